The van der Waals surface area contributed by atoms with Crippen LogP contribution >= 0.6 is 0 Å². The Morgan fingerprint density at radius 2 is 1.91 bits per heavy atom. The summed E-state index contributed by atoms with van der Waals surface area (Å²) in [5, 5.41) is 0.759. The zero-order valence-corrected chi connectivity index (χ0v) is 18.6. The number of aromatic amines is 1. The summed E-state index contributed by atoms with van der Waals surface area (Å²) in [5.41, 5.74) is 2.56. The van der Waals surface area contributed by atoms with E-state index in [0.717, 1.165) is 53.7 Å². The molecule has 0 spiro atoms. The highest BCUT2D eigenvalue weighted by molar-refractivity contribution is 5.87. The van der Waals surface area contributed by atoms with E-state index in [1.165, 1.54) is 6.33 Å². The molecule has 0 bridgehead atoms. The van der Waals surface area contributed by atoms with E-state index in [-0.39, 0.29) is 0 Å². The van der Waals surface area contributed by atoms with Crippen molar-refractivity contribution in [3.05, 3.63) is 42.5 Å². The molecule has 2 aromatic heterocycles. The van der Waals surface area contributed by atoms with Crippen LogP contribution in [-0.4, -0.2) is 58.7 Å². The molecule has 3 heterocycles. The summed E-state index contributed by atoms with van der Waals surface area (Å²) >= 11 is 0. The number of hydrogen-bond acceptors (Lipinski definition) is 7. The van der Waals surface area contributed by atoms with Gasteiger partial charge in [-0.2, -0.15) is 0 Å². The highest BCUT2D eigenvalue weighted by Gasteiger charge is 2.19. The van der Waals surface area contributed by atoms with E-state index in [9.17, 15) is 0 Å². The molecule has 2 aromatic carbocycles. The molecular weight excluding hydrogens is 406 g/mol. The molecule has 1 aliphatic heterocycles. The Kier molecular flexibility index (Phi) is 5.53. The van der Waals surface area contributed by atoms with Crippen LogP contribution in [0.1, 0.15) is 18.7 Å². The molecule has 32 heavy (non-hydrogen) atoms. The lowest BCUT2D eigenvalue weighted by Crippen LogP contribution is -2.32. The number of nitrogens with one attached hydrogen (secondary N) is 1. The van der Waals surface area contributed by atoms with Crippen molar-refractivity contribution in [1.29, 1.82) is 0 Å². The van der Waals surface area contributed by atoms with Crippen molar-refractivity contribution < 1.29 is 14.2 Å². The van der Waals surface area contributed by atoms with E-state index in [1.54, 1.807) is 7.11 Å². The number of ether oxygens (including phenoxy) is 3. The highest BCUT2D eigenvalue weighted by atomic mass is 16.5. The van der Waals surface area contributed by atoms with Crippen LogP contribution in [0.5, 0.6) is 23.1 Å². The smallest absolute Gasteiger partial charge is 0.230 e. The van der Waals surface area contributed by atoms with Crippen LogP contribution in [0.2, 0.25) is 0 Å². The maximum atomic E-state index is 6.16. The van der Waals surface area contributed by atoms with E-state index < -0.39 is 0 Å². The molecule has 0 unspecified atom stereocenters. The van der Waals surface area contributed by atoms with Crippen molar-refractivity contribution in [1.82, 2.24) is 24.8 Å². The van der Waals surface area contributed by atoms with Gasteiger partial charge in [0.25, 0.3) is 0 Å². The minimum atomic E-state index is 0.460. The van der Waals surface area contributed by atoms with Gasteiger partial charge in [0.1, 0.15) is 17.9 Å². The van der Waals surface area contributed by atoms with Gasteiger partial charge in [0.2, 0.25) is 5.88 Å². The normalized spacial score (nSPS) is 15.3. The van der Waals surface area contributed by atoms with Crippen molar-refractivity contribution in [3.8, 4) is 23.1 Å². The van der Waals surface area contributed by atoms with Gasteiger partial charge in [-0.1, -0.05) is 0 Å². The summed E-state index contributed by atoms with van der Waals surface area (Å²) in [4.78, 5) is 18.8. The largest absolute Gasteiger partial charge is 0.493 e. The fourth-order valence-corrected chi connectivity index (χ4v) is 4.12. The van der Waals surface area contributed by atoms with Crippen LogP contribution in [0, 0.1) is 12.8 Å². The summed E-state index contributed by atoms with van der Waals surface area (Å²) in [7, 11) is 3.80. The molecule has 0 amide bonds. The van der Waals surface area contributed by atoms with Gasteiger partial charge in [0, 0.05) is 12.1 Å². The average molecular weight is 434 g/mol. The number of piperidine rings is 1. The van der Waals surface area contributed by atoms with Crippen molar-refractivity contribution in [3.63, 3.8) is 0 Å². The number of nitrogens with zero attached hydrogens (tertiary/aromatic N) is 4. The lowest BCUT2D eigenvalue weighted by atomic mass is 9.98. The fraction of sp³-hybridized carbons (Fsp3) is 0.375. The van der Waals surface area contributed by atoms with Gasteiger partial charge in [-0.25, -0.2) is 15.0 Å². The van der Waals surface area contributed by atoms with Crippen molar-refractivity contribution in [2.75, 3.05) is 33.9 Å². The van der Waals surface area contributed by atoms with Gasteiger partial charge < -0.3 is 24.1 Å². The number of likely N-dealkylation sites (tertiary alicyclic amines) is 1. The Labute approximate surface area is 186 Å². The second-order valence-electron chi connectivity index (χ2n) is 8.36. The second kappa shape index (κ2) is 8.63. The number of H-pyrrole nitrogens is 1. The minimum Gasteiger partial charge on any atom is -0.493 e. The lowest BCUT2D eigenvalue weighted by molar-refractivity contribution is 0.157. The molecule has 5 rings (SSSR count). The van der Waals surface area contributed by atoms with Crippen LogP contribution in [0.3, 0.4) is 0 Å². The maximum absolute atomic E-state index is 6.16. The minimum absolute atomic E-state index is 0.460. The predicted octanol–water partition coefficient (Wildman–Crippen LogP) is 4.34. The number of aryl methyl sites for hydroxylation is 1. The van der Waals surface area contributed by atoms with Crippen LogP contribution in [-0.2, 0) is 0 Å². The maximum Gasteiger partial charge on any atom is 0.230 e. The predicted molar refractivity (Wildman–Crippen MR) is 123 cm³/mol. The highest BCUT2D eigenvalue weighted by Crippen LogP contribution is 2.36. The van der Waals surface area contributed by atoms with E-state index >= 15 is 0 Å². The zero-order valence-electron chi connectivity index (χ0n) is 18.6. The first kappa shape index (κ1) is 20.5. The molecule has 8 heteroatoms. The third-order valence-electron chi connectivity index (χ3n) is 5.98. The first-order valence-electron chi connectivity index (χ1n) is 10.9. The van der Waals surface area contributed by atoms with E-state index in [0.29, 0.717) is 35.7 Å². The summed E-state index contributed by atoms with van der Waals surface area (Å²) in [6.45, 7) is 4.82. The molecule has 1 aliphatic rings. The van der Waals surface area contributed by atoms with Gasteiger partial charge in [0.15, 0.2) is 11.5 Å². The molecule has 0 radical (unpaired) electrons. The Balaban J connectivity index is 1.40. The number of benzene rings is 2. The van der Waals surface area contributed by atoms with Crippen molar-refractivity contribution in [2.24, 2.45) is 5.92 Å². The van der Waals surface area contributed by atoms with E-state index in [4.69, 9.17) is 14.2 Å². The molecule has 0 saturated carbocycles. The zero-order chi connectivity index (χ0) is 22.1. The summed E-state index contributed by atoms with van der Waals surface area (Å²) in [6, 6.07) is 9.51. The number of hydrogen-bond donors (Lipinski definition) is 1. The van der Waals surface area contributed by atoms with Gasteiger partial charge in [-0.15, -0.1) is 0 Å². The average Bonchev–Trinajstić information content (AvgIpc) is 3.17. The second-order valence-corrected chi connectivity index (χ2v) is 8.36. The van der Waals surface area contributed by atoms with Gasteiger partial charge >= 0.3 is 0 Å². The number of aromatic nitrogens is 4. The van der Waals surface area contributed by atoms with Crippen molar-refractivity contribution in [2.45, 2.75) is 19.8 Å². The van der Waals surface area contributed by atoms with Gasteiger partial charge in [-0.3, -0.25) is 0 Å². The molecule has 1 fully saturated rings. The monoisotopic (exact) mass is 433 g/mol. The van der Waals surface area contributed by atoms with E-state index in [2.05, 4.69) is 31.9 Å². The Hall–Kier alpha value is -3.39. The molecule has 0 atom stereocenters. The number of rotatable bonds is 6. The quantitative estimate of drug-likeness (QED) is 0.484. The molecule has 4 aromatic rings. The van der Waals surface area contributed by atoms with Crippen LogP contribution in [0.15, 0.2) is 36.7 Å². The van der Waals surface area contributed by atoms with Gasteiger partial charge in [-0.05, 0) is 64.0 Å². The van der Waals surface area contributed by atoms with Crippen molar-refractivity contribution >= 4 is 21.9 Å². The Morgan fingerprint density at radius 3 is 2.72 bits per heavy atom. The third kappa shape index (κ3) is 4.18. The number of fused-ring (bicyclic) bond motifs is 2. The van der Waals surface area contributed by atoms with Crippen LogP contribution < -0.4 is 14.2 Å². The van der Waals surface area contributed by atoms with Crippen LogP contribution in [0.25, 0.3) is 21.9 Å². The molecule has 0 aliphatic carbocycles. The summed E-state index contributed by atoms with van der Waals surface area (Å²) in [6.07, 6.45) is 3.79. The molecule has 1 N–H and O–H groups in total. The SMILES string of the molecule is COc1cc2c(Oc3ccc4[nH]c(C)nc4c3)ncnc2cc1OCC1CCN(C)CC1. The topological polar surface area (TPSA) is 85.4 Å². The lowest BCUT2D eigenvalue weighted by Gasteiger charge is -2.28. The molecule has 1 saturated heterocycles. The van der Waals surface area contributed by atoms with Crippen LogP contribution in [0.4, 0.5) is 0 Å². The summed E-state index contributed by atoms with van der Waals surface area (Å²) in [5.74, 6) is 3.87. The Bertz CT molecular complexity index is 1250. The molecule has 166 valence electrons. The first-order valence-corrected chi connectivity index (χ1v) is 10.9. The first-order chi connectivity index (χ1) is 15.6. The summed E-state index contributed by atoms with van der Waals surface area (Å²) < 4.78 is 17.9. The third-order valence-corrected chi connectivity index (χ3v) is 5.98. The molecule has 8 nitrogen and oxygen atoms in total. The molecular formula is C24H27N5O3. The number of imidazole rings is 1. The Morgan fingerprint density at radius 1 is 1.06 bits per heavy atom. The van der Waals surface area contributed by atoms with Gasteiger partial charge in [0.05, 0.1) is 35.7 Å². The fourth-order valence-electron chi connectivity index (χ4n) is 4.12. The number of methoxy groups -OCH3 is 1. The van der Waals surface area contributed by atoms with E-state index in [1.807, 2.05) is 37.3 Å². The standard InChI is InChI=1S/C24H27N5O3/c1-15-27-19-5-4-17(10-21(19)28-15)32-24-18-11-22(30-3)23(12-20(18)25-14-26-24)31-13-16-6-8-29(2)9-7-16/h4-5,10-12,14,16H,6-9,13H2,1-3H3,(H,27,28).